The number of aryl methyl sites for hydroxylation is 3. The summed E-state index contributed by atoms with van der Waals surface area (Å²) >= 11 is 0. The average molecular weight is 646 g/mol. The van der Waals surface area contributed by atoms with Gasteiger partial charge in [0.05, 0.1) is 17.3 Å². The number of hydrogen-bond donors (Lipinski definition) is 1. The zero-order valence-corrected chi connectivity index (χ0v) is 21.9. The van der Waals surface area contributed by atoms with Crippen molar-refractivity contribution in [3.05, 3.63) is 88.1 Å². The molecule has 2 aromatic heterocycles. The minimum absolute atomic E-state index is 0. The van der Waals surface area contributed by atoms with Crippen LogP contribution in [0.3, 0.4) is 0 Å². The molecular weight excluding hydrogens is 621 g/mol. The van der Waals surface area contributed by atoms with Gasteiger partial charge in [0.25, 0.3) is 0 Å². The van der Waals surface area contributed by atoms with Crippen LogP contribution in [0.1, 0.15) is 46.0 Å². The molecule has 0 saturated carbocycles. The van der Waals surface area contributed by atoms with Gasteiger partial charge in [-0.05, 0) is 37.0 Å². The van der Waals surface area contributed by atoms with E-state index in [-0.39, 0.29) is 39.0 Å². The van der Waals surface area contributed by atoms with Crippen LogP contribution < -0.4 is 4.74 Å². The molecule has 35 heavy (non-hydrogen) atoms. The average Bonchev–Trinajstić information content (AvgIpc) is 3.27. The molecule has 1 aliphatic heterocycles. The maximum Gasteiger partial charge on any atom is 0.217 e. The minimum atomic E-state index is -0.0552. The molecule has 2 aromatic carbocycles. The van der Waals surface area contributed by atoms with Gasteiger partial charge < -0.3 is 14.6 Å². The van der Waals surface area contributed by atoms with Crippen molar-refractivity contribution in [3.8, 4) is 17.4 Å². The fourth-order valence-electron chi connectivity index (χ4n) is 4.75. The Morgan fingerprint density at radius 1 is 1.06 bits per heavy atom. The summed E-state index contributed by atoms with van der Waals surface area (Å²) in [5.41, 5.74) is 7.08. The first-order valence-electron chi connectivity index (χ1n) is 11.5. The molecule has 7 heteroatoms. The van der Waals surface area contributed by atoms with E-state index < -0.39 is 0 Å². The summed E-state index contributed by atoms with van der Waals surface area (Å²) in [5, 5.41) is 10.3. The molecule has 180 valence electrons. The summed E-state index contributed by atoms with van der Waals surface area (Å²) in [6, 6.07) is 19.1. The molecule has 6 nitrogen and oxygen atoms in total. The monoisotopic (exact) mass is 645 g/mol. The van der Waals surface area contributed by atoms with E-state index in [1.165, 1.54) is 11.1 Å². The van der Waals surface area contributed by atoms with Gasteiger partial charge in [-0.2, -0.15) is 0 Å². The number of aromatic nitrogens is 2. The Morgan fingerprint density at radius 3 is 2.74 bits per heavy atom. The zero-order chi connectivity index (χ0) is 23.4. The zero-order valence-electron chi connectivity index (χ0n) is 19.6. The van der Waals surface area contributed by atoms with Gasteiger partial charge in [-0.15, -0.1) is 11.6 Å². The van der Waals surface area contributed by atoms with Gasteiger partial charge >= 0.3 is 0 Å². The predicted molar refractivity (Wildman–Crippen MR) is 130 cm³/mol. The van der Waals surface area contributed by atoms with Crippen LogP contribution >= 0.6 is 0 Å². The van der Waals surface area contributed by atoms with Gasteiger partial charge in [-0.1, -0.05) is 55.3 Å². The van der Waals surface area contributed by atoms with Crippen molar-refractivity contribution >= 4 is 16.9 Å². The van der Waals surface area contributed by atoms with Crippen molar-refractivity contribution in [1.29, 1.82) is 0 Å². The largest absolute Gasteiger partial charge is 0.510 e. The van der Waals surface area contributed by atoms with Crippen LogP contribution in [0.25, 0.3) is 11.0 Å². The van der Waals surface area contributed by atoms with Crippen LogP contribution in [-0.4, -0.2) is 27.0 Å². The Morgan fingerprint density at radius 2 is 1.89 bits per heavy atom. The number of nitrogens with zero attached hydrogens (tertiary/aromatic N) is 3. The smallest absolute Gasteiger partial charge is 0.217 e. The fourth-order valence-corrected chi connectivity index (χ4v) is 4.75. The number of benzene rings is 2. The molecule has 2 atom stereocenters. The second-order valence-electron chi connectivity index (χ2n) is 9.00. The Kier molecular flexibility index (Phi) is 6.10. The minimum Gasteiger partial charge on any atom is -0.510 e. The topological polar surface area (TPSA) is 76.8 Å². The molecule has 3 heterocycles. The summed E-state index contributed by atoms with van der Waals surface area (Å²) < 4.78 is 12.5. The number of fused-ring (bicyclic) bond motifs is 4. The molecular formula is C28H24N3O3Pt-. The van der Waals surface area contributed by atoms with Crippen LogP contribution in [0.15, 0.2) is 53.5 Å². The van der Waals surface area contributed by atoms with Crippen molar-refractivity contribution in [2.75, 3.05) is 0 Å². The van der Waals surface area contributed by atoms with Gasteiger partial charge in [0.1, 0.15) is 23.3 Å². The first-order valence-corrected chi connectivity index (χ1v) is 11.5. The second-order valence-corrected chi connectivity index (χ2v) is 9.00. The Hall–Kier alpha value is -3.24. The van der Waals surface area contributed by atoms with Crippen molar-refractivity contribution in [1.82, 2.24) is 9.97 Å². The van der Waals surface area contributed by atoms with E-state index in [1.54, 1.807) is 18.2 Å². The number of pyridine rings is 2. The SMILES string of the molecule is Cc1cc(O)c2nc(Oc3[c-]c(C4=N[C@H]5CCc6ccccc6C5O4)cc(C)c3C)ccc2n1.[Pt]. The van der Waals surface area contributed by atoms with E-state index >= 15 is 0 Å². The number of rotatable bonds is 3. The van der Waals surface area contributed by atoms with Crippen LogP contribution in [0.2, 0.25) is 0 Å². The van der Waals surface area contributed by atoms with Crippen LogP contribution in [0.5, 0.6) is 17.4 Å². The van der Waals surface area contributed by atoms with Gasteiger partial charge in [-0.3, -0.25) is 9.98 Å². The van der Waals surface area contributed by atoms with E-state index in [4.69, 9.17) is 14.5 Å². The van der Waals surface area contributed by atoms with Crippen LogP contribution in [0, 0.1) is 26.8 Å². The molecule has 4 aromatic rings. The van der Waals surface area contributed by atoms with E-state index in [2.05, 4.69) is 40.3 Å². The Balaban J connectivity index is 0.00000253. The third kappa shape index (κ3) is 4.21. The van der Waals surface area contributed by atoms with Crippen LogP contribution in [-0.2, 0) is 32.2 Å². The quantitative estimate of drug-likeness (QED) is 0.290. The van der Waals surface area contributed by atoms with Gasteiger partial charge in [0.2, 0.25) is 5.88 Å². The summed E-state index contributed by atoms with van der Waals surface area (Å²) in [5.74, 6) is 1.60. The van der Waals surface area contributed by atoms with Crippen molar-refractivity contribution in [3.63, 3.8) is 0 Å². The number of ether oxygens (including phenoxy) is 2. The standard InChI is InChI=1S/C28H24N3O3.Pt/c1-15-12-19(28-30-22-9-8-18-6-4-5-7-20(18)27(22)34-28)14-24(17(15)3)33-25-11-10-21-26(31-25)23(32)13-16(2)29-21;/h4-7,10-13,22,27H,8-9H2,1-3H3,(H,29,32);/q-1;/t22-,27?;/m0./s1. The molecule has 0 fully saturated rings. The summed E-state index contributed by atoms with van der Waals surface area (Å²) in [6.45, 7) is 5.85. The number of aliphatic imine (C=N–C) groups is 1. The van der Waals surface area contributed by atoms with E-state index in [9.17, 15) is 5.11 Å². The normalized spacial score (nSPS) is 18.2. The summed E-state index contributed by atoms with van der Waals surface area (Å²) in [7, 11) is 0. The molecule has 2 aliphatic rings. The summed E-state index contributed by atoms with van der Waals surface area (Å²) in [6.07, 6.45) is 1.93. The summed E-state index contributed by atoms with van der Waals surface area (Å²) in [4.78, 5) is 13.8. The molecule has 0 radical (unpaired) electrons. The molecule has 6 rings (SSSR count). The van der Waals surface area contributed by atoms with E-state index in [0.717, 1.165) is 35.2 Å². The maximum absolute atomic E-state index is 10.3. The van der Waals surface area contributed by atoms with Gasteiger partial charge in [-0.25, -0.2) is 4.98 Å². The first-order chi connectivity index (χ1) is 16.5. The van der Waals surface area contributed by atoms with Crippen molar-refractivity contribution < 1.29 is 35.6 Å². The third-order valence-corrected chi connectivity index (χ3v) is 6.65. The maximum atomic E-state index is 10.3. The third-order valence-electron chi connectivity index (χ3n) is 6.65. The first kappa shape index (κ1) is 23.5. The molecule has 0 amide bonds. The van der Waals surface area contributed by atoms with Crippen molar-refractivity contribution in [2.45, 2.75) is 45.8 Å². The van der Waals surface area contributed by atoms with Crippen LogP contribution in [0.4, 0.5) is 0 Å². The van der Waals surface area contributed by atoms with Gasteiger partial charge in [0.15, 0.2) is 0 Å². The van der Waals surface area contributed by atoms with Gasteiger partial charge in [0, 0.05) is 38.9 Å². The van der Waals surface area contributed by atoms with Crippen molar-refractivity contribution in [2.24, 2.45) is 4.99 Å². The van der Waals surface area contributed by atoms with E-state index in [0.29, 0.717) is 28.6 Å². The molecule has 0 saturated heterocycles. The van der Waals surface area contributed by atoms with E-state index in [1.807, 2.05) is 26.8 Å². The number of hydrogen-bond acceptors (Lipinski definition) is 6. The molecule has 1 N–H and O–H groups in total. The second kappa shape index (κ2) is 9.08. The Labute approximate surface area is 218 Å². The number of aromatic hydroxyl groups is 1. The molecule has 0 bridgehead atoms. The molecule has 1 aliphatic carbocycles. The fraction of sp³-hybridized carbons (Fsp3) is 0.250. The Bertz CT molecular complexity index is 1480. The molecule has 1 unspecified atom stereocenters. The predicted octanol–water partition coefficient (Wildman–Crippen LogP) is 5.68. The molecule has 0 spiro atoms.